The fraction of sp³-hybridized carbons (Fsp3) is 0.933. The molecule has 3 nitrogen and oxygen atoms in total. The summed E-state index contributed by atoms with van der Waals surface area (Å²) in [4.78, 5) is 12.2. The van der Waals surface area contributed by atoms with E-state index in [-0.39, 0.29) is 37.3 Å². The van der Waals surface area contributed by atoms with Crippen LogP contribution in [0.1, 0.15) is 46.0 Å². The number of nitrogens with one attached hydrogen (secondary N) is 1. The van der Waals surface area contributed by atoms with Gasteiger partial charge in [-0.3, -0.25) is 4.79 Å². The van der Waals surface area contributed by atoms with Crippen LogP contribution >= 0.6 is 0 Å². The maximum Gasteiger partial charge on any atom is 0.396 e. The minimum absolute atomic E-state index is 0.0198. The normalized spacial score (nSPS) is 32.5. The van der Waals surface area contributed by atoms with Gasteiger partial charge in [0, 0.05) is 18.5 Å². The van der Waals surface area contributed by atoms with Gasteiger partial charge in [-0.15, -0.1) is 0 Å². The van der Waals surface area contributed by atoms with E-state index in [1.54, 1.807) is 0 Å². The third-order valence-corrected chi connectivity index (χ3v) is 5.80. The quantitative estimate of drug-likeness (QED) is 0.820. The first-order valence-corrected chi connectivity index (χ1v) is 7.84. The lowest BCUT2D eigenvalue weighted by Gasteiger charge is -2.37. The zero-order valence-electron chi connectivity index (χ0n) is 12.7. The fourth-order valence-corrected chi connectivity index (χ4v) is 3.90. The van der Waals surface area contributed by atoms with E-state index < -0.39 is 11.6 Å². The lowest BCUT2D eigenvalue weighted by atomic mass is 9.72. The van der Waals surface area contributed by atoms with E-state index in [4.69, 9.17) is 5.73 Å². The van der Waals surface area contributed by atoms with Crippen molar-refractivity contribution in [2.24, 2.45) is 28.9 Å². The zero-order chi connectivity index (χ0) is 15.8. The van der Waals surface area contributed by atoms with Crippen molar-refractivity contribution in [3.8, 4) is 0 Å². The molecule has 2 aliphatic rings. The number of hydrogen-bond donors (Lipinski definition) is 2. The lowest BCUT2D eigenvalue weighted by Crippen LogP contribution is -2.47. The predicted molar refractivity (Wildman–Crippen MR) is 74.4 cm³/mol. The second kappa shape index (κ2) is 5.78. The molecule has 0 aliphatic heterocycles. The molecule has 2 fully saturated rings. The van der Waals surface area contributed by atoms with Crippen molar-refractivity contribution in [1.29, 1.82) is 0 Å². The van der Waals surface area contributed by atoms with Crippen LogP contribution in [-0.4, -0.2) is 24.7 Å². The van der Waals surface area contributed by atoms with Gasteiger partial charge in [0.25, 0.3) is 0 Å². The fourth-order valence-electron chi connectivity index (χ4n) is 3.90. The van der Waals surface area contributed by atoms with Crippen molar-refractivity contribution >= 4 is 5.91 Å². The molecular formula is C15H25F3N2O. The summed E-state index contributed by atoms with van der Waals surface area (Å²) < 4.78 is 39.7. The van der Waals surface area contributed by atoms with E-state index >= 15 is 0 Å². The van der Waals surface area contributed by atoms with Gasteiger partial charge in [0.05, 0.1) is 5.41 Å². The van der Waals surface area contributed by atoms with Crippen LogP contribution in [0.4, 0.5) is 13.2 Å². The van der Waals surface area contributed by atoms with E-state index in [0.717, 1.165) is 19.3 Å². The van der Waals surface area contributed by atoms with Gasteiger partial charge in [0.1, 0.15) is 0 Å². The van der Waals surface area contributed by atoms with Crippen LogP contribution in [0.15, 0.2) is 0 Å². The Balaban J connectivity index is 1.91. The van der Waals surface area contributed by atoms with Crippen molar-refractivity contribution in [2.75, 3.05) is 6.54 Å². The van der Waals surface area contributed by atoms with Crippen molar-refractivity contribution < 1.29 is 18.0 Å². The molecule has 2 aliphatic carbocycles. The molecule has 21 heavy (non-hydrogen) atoms. The number of alkyl halides is 3. The first-order valence-electron chi connectivity index (χ1n) is 7.84. The number of fused-ring (bicyclic) bond motifs is 1. The molecule has 2 saturated carbocycles. The SMILES string of the molecule is CCC(CC)(CNC(=O)C1C[C@@H]2C[C@H](N)[C@@H]2C1)C(F)(F)F. The minimum atomic E-state index is -4.29. The molecule has 0 saturated heterocycles. The van der Waals surface area contributed by atoms with Gasteiger partial charge >= 0.3 is 6.18 Å². The van der Waals surface area contributed by atoms with Gasteiger partial charge in [-0.2, -0.15) is 13.2 Å². The Morgan fingerprint density at radius 3 is 2.24 bits per heavy atom. The van der Waals surface area contributed by atoms with Crippen LogP contribution in [0, 0.1) is 23.2 Å². The number of halogens is 3. The molecule has 0 aromatic heterocycles. The number of hydrogen-bond acceptors (Lipinski definition) is 2. The summed E-state index contributed by atoms with van der Waals surface area (Å²) in [5.74, 6) is 0.506. The Hall–Kier alpha value is -0.780. The average Bonchev–Trinajstić information content (AvgIpc) is 2.76. The van der Waals surface area contributed by atoms with Crippen LogP contribution in [0.5, 0.6) is 0 Å². The van der Waals surface area contributed by atoms with Gasteiger partial charge in [0.2, 0.25) is 5.91 Å². The highest BCUT2D eigenvalue weighted by Crippen LogP contribution is 2.49. The molecule has 0 bridgehead atoms. The maximum atomic E-state index is 13.2. The first-order chi connectivity index (χ1) is 9.74. The molecular weight excluding hydrogens is 281 g/mol. The predicted octanol–water partition coefficient (Wildman–Crippen LogP) is 2.84. The molecule has 1 unspecified atom stereocenters. The third-order valence-electron chi connectivity index (χ3n) is 5.80. The molecule has 4 atom stereocenters. The highest BCUT2D eigenvalue weighted by atomic mass is 19.4. The van der Waals surface area contributed by atoms with E-state index in [2.05, 4.69) is 5.32 Å². The van der Waals surface area contributed by atoms with Crippen LogP contribution in [0.2, 0.25) is 0 Å². The Kier molecular flexibility index (Phi) is 4.57. The second-order valence-corrected chi connectivity index (χ2v) is 6.69. The number of carbonyl (C=O) groups is 1. The second-order valence-electron chi connectivity index (χ2n) is 6.69. The van der Waals surface area contributed by atoms with Gasteiger partial charge in [-0.25, -0.2) is 0 Å². The van der Waals surface area contributed by atoms with E-state index in [1.165, 1.54) is 13.8 Å². The van der Waals surface area contributed by atoms with Crippen LogP contribution in [-0.2, 0) is 4.79 Å². The van der Waals surface area contributed by atoms with E-state index in [0.29, 0.717) is 11.8 Å². The number of amides is 1. The van der Waals surface area contributed by atoms with E-state index in [9.17, 15) is 18.0 Å². The molecule has 2 rings (SSSR count). The summed E-state index contributed by atoms with van der Waals surface area (Å²) in [6.45, 7) is 2.73. The Bertz CT molecular complexity index is 393. The van der Waals surface area contributed by atoms with Crippen molar-refractivity contribution in [3.63, 3.8) is 0 Å². The third kappa shape index (κ3) is 2.91. The number of nitrogens with two attached hydrogens (primary N) is 1. The van der Waals surface area contributed by atoms with Gasteiger partial charge in [-0.1, -0.05) is 13.8 Å². The van der Waals surface area contributed by atoms with Crippen molar-refractivity contribution in [1.82, 2.24) is 5.32 Å². The van der Waals surface area contributed by atoms with Crippen LogP contribution < -0.4 is 11.1 Å². The smallest absolute Gasteiger partial charge is 0.355 e. The standard InChI is InChI=1S/C15H25F3N2O/c1-3-14(4-2,15(16,17)18)8-20-13(21)10-5-9-7-12(19)11(9)6-10/h9-12H,3-8,19H2,1-2H3,(H,20,21)/t9-,10?,11-,12+/m1/s1. The maximum absolute atomic E-state index is 13.2. The summed E-state index contributed by atoms with van der Waals surface area (Å²) in [6, 6.07) is 0.174. The Labute approximate surface area is 123 Å². The van der Waals surface area contributed by atoms with E-state index in [1.807, 2.05) is 0 Å². The molecule has 6 heteroatoms. The molecule has 0 heterocycles. The lowest BCUT2D eigenvalue weighted by molar-refractivity contribution is -0.225. The molecule has 0 aromatic carbocycles. The summed E-state index contributed by atoms with van der Waals surface area (Å²) >= 11 is 0. The average molecular weight is 306 g/mol. The highest BCUT2D eigenvalue weighted by molar-refractivity contribution is 5.79. The molecule has 0 spiro atoms. The first kappa shape index (κ1) is 16.6. The summed E-state index contributed by atoms with van der Waals surface area (Å²) in [7, 11) is 0. The number of rotatable bonds is 5. The molecule has 0 aromatic rings. The minimum Gasteiger partial charge on any atom is -0.355 e. The highest BCUT2D eigenvalue weighted by Gasteiger charge is 2.53. The topological polar surface area (TPSA) is 55.1 Å². The molecule has 0 radical (unpaired) electrons. The zero-order valence-corrected chi connectivity index (χ0v) is 12.7. The number of carbonyl (C=O) groups excluding carboxylic acids is 1. The molecule has 1 amide bonds. The van der Waals surface area contributed by atoms with Gasteiger partial charge < -0.3 is 11.1 Å². The van der Waals surface area contributed by atoms with Crippen LogP contribution in [0.25, 0.3) is 0 Å². The largest absolute Gasteiger partial charge is 0.396 e. The summed E-state index contributed by atoms with van der Waals surface area (Å²) in [5.41, 5.74) is 4.08. The van der Waals surface area contributed by atoms with Gasteiger partial charge in [0.15, 0.2) is 0 Å². The molecule has 122 valence electrons. The summed E-state index contributed by atoms with van der Waals surface area (Å²) in [6.07, 6.45) is -1.87. The summed E-state index contributed by atoms with van der Waals surface area (Å²) in [5, 5.41) is 2.56. The monoisotopic (exact) mass is 306 g/mol. The van der Waals surface area contributed by atoms with Crippen molar-refractivity contribution in [3.05, 3.63) is 0 Å². The molecule has 3 N–H and O–H groups in total. The Morgan fingerprint density at radius 1 is 1.19 bits per heavy atom. The van der Waals surface area contributed by atoms with Crippen molar-refractivity contribution in [2.45, 2.75) is 58.2 Å². The van der Waals surface area contributed by atoms with Crippen LogP contribution in [0.3, 0.4) is 0 Å². The Morgan fingerprint density at radius 2 is 1.81 bits per heavy atom. The van der Waals surface area contributed by atoms with Gasteiger partial charge in [-0.05, 0) is 43.9 Å².